The number of nitrogens with one attached hydrogen (secondary N) is 1. The summed E-state index contributed by atoms with van der Waals surface area (Å²) in [5.41, 5.74) is 1.80. The highest BCUT2D eigenvalue weighted by atomic mass is 32.1. The molecule has 1 fully saturated rings. The first-order chi connectivity index (χ1) is 17.5. The van der Waals surface area contributed by atoms with E-state index in [0.29, 0.717) is 39.4 Å². The van der Waals surface area contributed by atoms with E-state index in [1.54, 1.807) is 50.7 Å². The molecule has 1 saturated heterocycles. The second-order valence-corrected chi connectivity index (χ2v) is 8.40. The summed E-state index contributed by atoms with van der Waals surface area (Å²) in [5.74, 6) is 2.16. The fourth-order valence-corrected chi connectivity index (χ4v) is 4.72. The van der Waals surface area contributed by atoms with Crippen LogP contribution in [-0.4, -0.2) is 29.2 Å². The van der Waals surface area contributed by atoms with Gasteiger partial charge in [0.2, 0.25) is 0 Å². The van der Waals surface area contributed by atoms with Crippen LogP contribution >= 0.6 is 12.2 Å². The number of rotatable bonds is 7. The molecule has 0 unspecified atom stereocenters. The van der Waals surface area contributed by atoms with Crippen molar-refractivity contribution in [2.45, 2.75) is 12.1 Å². The Morgan fingerprint density at radius 1 is 1.06 bits per heavy atom. The lowest BCUT2D eigenvalue weighted by Gasteiger charge is -2.27. The first-order valence-electron chi connectivity index (χ1n) is 11.1. The highest BCUT2D eigenvalue weighted by Gasteiger charge is 2.43. The number of thiocarbonyl (C=S) groups is 1. The van der Waals surface area contributed by atoms with Gasteiger partial charge in [-0.15, -0.1) is 0 Å². The van der Waals surface area contributed by atoms with E-state index >= 15 is 0 Å². The SMILES string of the molecule is COc1ccc(OC)c(N2C(=S)N[C@@H](c3ccccn3)[C@@H]2c2ccc(-c3ccccc3[N+](=O)[O-])o2)c1. The van der Waals surface area contributed by atoms with E-state index in [1.165, 1.54) is 6.07 Å². The number of ether oxygens (including phenoxy) is 2. The van der Waals surface area contributed by atoms with Crippen LogP contribution in [0.15, 0.2) is 83.4 Å². The van der Waals surface area contributed by atoms with Crippen molar-refractivity contribution in [3.8, 4) is 22.8 Å². The predicted molar refractivity (Wildman–Crippen MR) is 138 cm³/mol. The van der Waals surface area contributed by atoms with Crippen molar-refractivity contribution in [3.63, 3.8) is 0 Å². The molecule has 0 amide bonds. The Bertz CT molecular complexity index is 1420. The molecule has 1 N–H and O–H groups in total. The van der Waals surface area contributed by atoms with Crippen LogP contribution in [0.1, 0.15) is 23.5 Å². The molecular weight excluding hydrogens is 480 g/mol. The maximum Gasteiger partial charge on any atom is 0.280 e. The van der Waals surface area contributed by atoms with Gasteiger partial charge in [0.05, 0.1) is 42.1 Å². The summed E-state index contributed by atoms with van der Waals surface area (Å²) in [6.07, 6.45) is 1.72. The molecular formula is C26H22N4O5S. The standard InChI is InChI=1S/C26H22N4O5S/c1-33-16-10-11-22(34-2)20(15-16)29-25(24(28-26(29)36)18-8-5-6-14-27-18)23-13-12-21(35-23)17-7-3-4-9-19(17)30(31)32/h3-15,24-25H,1-2H3,(H,28,36)/t24-,25-/m0/s1. The van der Waals surface area contributed by atoms with Gasteiger partial charge in [-0.2, -0.15) is 0 Å². The molecule has 0 radical (unpaired) electrons. The van der Waals surface area contributed by atoms with Gasteiger partial charge in [-0.05, 0) is 54.7 Å². The normalized spacial score (nSPS) is 17.1. The number of methoxy groups -OCH3 is 2. The Morgan fingerprint density at radius 2 is 1.86 bits per heavy atom. The third-order valence-corrected chi connectivity index (χ3v) is 6.34. The van der Waals surface area contributed by atoms with Crippen molar-refractivity contribution in [2.24, 2.45) is 0 Å². The second-order valence-electron chi connectivity index (χ2n) is 8.01. The first-order valence-corrected chi connectivity index (χ1v) is 11.5. The minimum absolute atomic E-state index is 0.0361. The van der Waals surface area contributed by atoms with Crippen molar-refractivity contribution in [3.05, 3.63) is 101 Å². The topological polar surface area (TPSA) is 103 Å². The van der Waals surface area contributed by atoms with Gasteiger partial charge in [0.15, 0.2) is 5.11 Å². The van der Waals surface area contributed by atoms with Crippen LogP contribution in [0.4, 0.5) is 11.4 Å². The number of nitro benzene ring substituents is 1. The first kappa shape index (κ1) is 23.3. The lowest BCUT2D eigenvalue weighted by Crippen LogP contribution is -2.29. The number of nitrogens with zero attached hydrogens (tertiary/aromatic N) is 3. The molecule has 0 aliphatic carbocycles. The number of nitro groups is 1. The number of hydrogen-bond acceptors (Lipinski definition) is 7. The van der Waals surface area contributed by atoms with Crippen LogP contribution < -0.4 is 19.7 Å². The minimum atomic E-state index is -0.468. The highest BCUT2D eigenvalue weighted by Crippen LogP contribution is 2.46. The van der Waals surface area contributed by atoms with Crippen LogP contribution in [0.25, 0.3) is 11.3 Å². The van der Waals surface area contributed by atoms with E-state index in [-0.39, 0.29) is 11.7 Å². The fraction of sp³-hybridized carbons (Fsp3) is 0.154. The van der Waals surface area contributed by atoms with Crippen molar-refractivity contribution in [1.29, 1.82) is 0 Å². The van der Waals surface area contributed by atoms with Crippen LogP contribution in [0.5, 0.6) is 11.5 Å². The summed E-state index contributed by atoms with van der Waals surface area (Å²) < 4.78 is 17.4. The van der Waals surface area contributed by atoms with Crippen LogP contribution in [0, 0.1) is 10.1 Å². The third-order valence-electron chi connectivity index (χ3n) is 6.03. The zero-order valence-electron chi connectivity index (χ0n) is 19.5. The Hall–Kier alpha value is -4.44. The lowest BCUT2D eigenvalue weighted by atomic mass is 10.0. The Morgan fingerprint density at radius 3 is 2.58 bits per heavy atom. The van der Waals surface area contributed by atoms with Gasteiger partial charge in [-0.3, -0.25) is 15.1 Å². The number of hydrogen-bond donors (Lipinski definition) is 1. The molecule has 2 aromatic heterocycles. The third kappa shape index (κ3) is 4.11. The van der Waals surface area contributed by atoms with Gasteiger partial charge in [-0.1, -0.05) is 18.2 Å². The zero-order valence-corrected chi connectivity index (χ0v) is 20.3. The maximum absolute atomic E-state index is 11.6. The van der Waals surface area contributed by atoms with Crippen LogP contribution in [-0.2, 0) is 0 Å². The lowest BCUT2D eigenvalue weighted by molar-refractivity contribution is -0.384. The zero-order chi connectivity index (χ0) is 25.2. The second kappa shape index (κ2) is 9.67. The monoisotopic (exact) mass is 502 g/mol. The molecule has 4 aromatic rings. The molecule has 36 heavy (non-hydrogen) atoms. The Kier molecular flexibility index (Phi) is 6.26. The average Bonchev–Trinajstić information content (AvgIpc) is 3.53. The number of benzene rings is 2. The van der Waals surface area contributed by atoms with Crippen molar-refractivity contribution in [2.75, 3.05) is 19.1 Å². The molecule has 0 bridgehead atoms. The maximum atomic E-state index is 11.6. The average molecular weight is 503 g/mol. The summed E-state index contributed by atoms with van der Waals surface area (Å²) in [6, 6.07) is 20.3. The molecule has 2 aromatic carbocycles. The Balaban J connectivity index is 1.66. The van der Waals surface area contributed by atoms with Crippen LogP contribution in [0.2, 0.25) is 0 Å². The predicted octanol–water partition coefficient (Wildman–Crippen LogP) is 5.44. The quantitative estimate of drug-likeness (QED) is 0.201. The molecule has 10 heteroatoms. The molecule has 2 atom stereocenters. The van der Waals surface area contributed by atoms with E-state index in [9.17, 15) is 10.1 Å². The van der Waals surface area contributed by atoms with Crippen molar-refractivity contribution in [1.82, 2.24) is 10.3 Å². The smallest absolute Gasteiger partial charge is 0.280 e. The van der Waals surface area contributed by atoms with Gasteiger partial charge in [0.25, 0.3) is 5.69 Å². The largest absolute Gasteiger partial charge is 0.497 e. The number of aromatic nitrogens is 1. The summed E-state index contributed by atoms with van der Waals surface area (Å²) in [6.45, 7) is 0. The number of anilines is 1. The van der Waals surface area contributed by atoms with Gasteiger partial charge in [0.1, 0.15) is 29.1 Å². The highest BCUT2D eigenvalue weighted by molar-refractivity contribution is 7.80. The van der Waals surface area contributed by atoms with E-state index in [2.05, 4.69) is 10.3 Å². The van der Waals surface area contributed by atoms with Gasteiger partial charge >= 0.3 is 0 Å². The van der Waals surface area contributed by atoms with Gasteiger partial charge < -0.3 is 24.1 Å². The van der Waals surface area contributed by atoms with Gasteiger partial charge in [-0.25, -0.2) is 0 Å². The van der Waals surface area contributed by atoms with E-state index in [4.69, 9.17) is 26.1 Å². The number of pyridine rings is 1. The summed E-state index contributed by atoms with van der Waals surface area (Å²) in [4.78, 5) is 17.6. The van der Waals surface area contributed by atoms with E-state index < -0.39 is 11.0 Å². The van der Waals surface area contributed by atoms with E-state index in [0.717, 1.165) is 5.69 Å². The number of furan rings is 1. The number of para-hydroxylation sites is 1. The minimum Gasteiger partial charge on any atom is -0.497 e. The molecule has 1 aliphatic rings. The fourth-order valence-electron chi connectivity index (χ4n) is 4.39. The molecule has 182 valence electrons. The molecule has 1 aliphatic heterocycles. The van der Waals surface area contributed by atoms with Gasteiger partial charge in [0, 0.05) is 18.3 Å². The molecule has 5 rings (SSSR count). The summed E-state index contributed by atoms with van der Waals surface area (Å²) in [5, 5.41) is 15.4. The molecule has 3 heterocycles. The van der Waals surface area contributed by atoms with Crippen molar-refractivity contribution >= 4 is 28.7 Å². The molecule has 0 saturated carbocycles. The van der Waals surface area contributed by atoms with Crippen molar-refractivity contribution < 1.29 is 18.8 Å². The van der Waals surface area contributed by atoms with E-state index in [1.807, 2.05) is 41.3 Å². The van der Waals surface area contributed by atoms with Crippen LogP contribution in [0.3, 0.4) is 0 Å². The Labute approximate surface area is 212 Å². The summed E-state index contributed by atoms with van der Waals surface area (Å²) >= 11 is 5.78. The summed E-state index contributed by atoms with van der Waals surface area (Å²) in [7, 11) is 3.18. The molecule has 9 nitrogen and oxygen atoms in total. The molecule has 0 spiro atoms.